The second kappa shape index (κ2) is 15.2. The second-order valence-electron chi connectivity index (χ2n) is 12.6. The summed E-state index contributed by atoms with van der Waals surface area (Å²) in [5.74, 6) is -4.19. The van der Waals surface area contributed by atoms with Gasteiger partial charge in [-0.05, 0) is 41.5 Å². The lowest BCUT2D eigenvalue weighted by Gasteiger charge is -2.24. The molecule has 5 aromatic carbocycles. The summed E-state index contributed by atoms with van der Waals surface area (Å²) in [4.78, 5) is 54.5. The first-order valence-corrected chi connectivity index (χ1v) is 16.9. The topological polar surface area (TPSA) is 133 Å². The number of esters is 2. The van der Waals surface area contributed by atoms with E-state index in [2.05, 4.69) is 0 Å². The van der Waals surface area contributed by atoms with Gasteiger partial charge in [-0.2, -0.15) is 13.2 Å². The minimum absolute atomic E-state index is 0.0293. The van der Waals surface area contributed by atoms with Crippen LogP contribution in [0.2, 0.25) is 0 Å². The number of fused-ring (bicyclic) bond motifs is 2. The number of carbonyl (C=O) groups is 2. The van der Waals surface area contributed by atoms with Gasteiger partial charge in [0.25, 0.3) is 0 Å². The van der Waals surface area contributed by atoms with E-state index in [1.165, 1.54) is 54.6 Å². The Hall–Kier alpha value is -6.95. The summed E-state index contributed by atoms with van der Waals surface area (Å²) in [6.07, 6.45) is -8.57. The quantitative estimate of drug-likeness (QED) is 0.108. The minimum atomic E-state index is -4.96. The van der Waals surface area contributed by atoms with Crippen LogP contribution >= 0.6 is 0 Å². The van der Waals surface area contributed by atoms with Crippen molar-refractivity contribution in [3.63, 3.8) is 0 Å². The highest BCUT2D eigenvalue weighted by Crippen LogP contribution is 2.40. The van der Waals surface area contributed by atoms with Crippen LogP contribution in [0.1, 0.15) is 56.6 Å². The number of benzene rings is 5. The van der Waals surface area contributed by atoms with E-state index in [0.29, 0.717) is 10.9 Å². The van der Waals surface area contributed by atoms with Crippen molar-refractivity contribution in [3.05, 3.63) is 188 Å². The largest absolute Gasteiger partial charge is 0.507 e. The molecule has 2 unspecified atom stereocenters. The van der Waals surface area contributed by atoms with Crippen molar-refractivity contribution < 1.29 is 46.2 Å². The van der Waals surface area contributed by atoms with E-state index >= 15 is 0 Å². The first kappa shape index (κ1) is 36.4. The minimum Gasteiger partial charge on any atom is -0.507 e. The van der Waals surface area contributed by atoms with Crippen LogP contribution < -0.4 is 16.0 Å². The van der Waals surface area contributed by atoms with Gasteiger partial charge in [0.15, 0.2) is 5.75 Å². The number of rotatable bonds is 10. The number of hydrogen-bond donors (Lipinski definition) is 1. The van der Waals surface area contributed by atoms with Crippen molar-refractivity contribution in [2.24, 2.45) is 0 Å². The third kappa shape index (κ3) is 7.61. The Bertz CT molecular complexity index is 2650. The Kier molecular flexibility index (Phi) is 10.1. The molecule has 0 aliphatic heterocycles. The van der Waals surface area contributed by atoms with Gasteiger partial charge in [-0.3, -0.25) is 4.79 Å². The standard InChI is InChI=1S/C43H29F3O9/c44-43(45,46)39(26-15-5-2-6-16-26)54-35(47)24-31(25-13-3-1-4-14-25)36-38(30-20-10-12-22-34(30)53-42(36)51)55-40(49)28-18-8-7-17-27(28)23-32-37(48)29-19-9-11-21-33(29)52-41(32)50/h1-22,31,39,48H,23-24H2. The molecule has 0 bridgehead atoms. The highest BCUT2D eigenvalue weighted by molar-refractivity contribution is 5.96. The fraction of sp³-hybridized carbons (Fsp3) is 0.116. The summed E-state index contributed by atoms with van der Waals surface area (Å²) in [5, 5.41) is 11.5. The molecule has 7 rings (SSSR count). The lowest BCUT2D eigenvalue weighted by atomic mass is 9.88. The molecule has 276 valence electrons. The molecule has 0 saturated heterocycles. The number of para-hydroxylation sites is 2. The van der Waals surface area contributed by atoms with Crippen LogP contribution in [0.3, 0.4) is 0 Å². The van der Waals surface area contributed by atoms with Crippen molar-refractivity contribution in [1.29, 1.82) is 0 Å². The Balaban J connectivity index is 1.30. The molecular formula is C43H29F3O9. The second-order valence-corrected chi connectivity index (χ2v) is 12.6. The molecule has 2 atom stereocenters. The third-order valence-electron chi connectivity index (χ3n) is 9.05. The van der Waals surface area contributed by atoms with Gasteiger partial charge in [0.2, 0.25) is 6.10 Å². The van der Waals surface area contributed by atoms with E-state index in [1.54, 1.807) is 78.9 Å². The van der Waals surface area contributed by atoms with E-state index in [1.807, 2.05) is 0 Å². The predicted octanol–water partition coefficient (Wildman–Crippen LogP) is 8.78. The van der Waals surface area contributed by atoms with Crippen LogP contribution in [-0.4, -0.2) is 23.2 Å². The maximum atomic E-state index is 14.2. The first-order valence-electron chi connectivity index (χ1n) is 16.9. The smallest absolute Gasteiger partial charge is 0.429 e. The lowest BCUT2D eigenvalue weighted by molar-refractivity contribution is -0.224. The van der Waals surface area contributed by atoms with Gasteiger partial charge in [-0.25, -0.2) is 14.4 Å². The molecule has 0 aliphatic rings. The average Bonchev–Trinajstić information content (AvgIpc) is 3.18. The van der Waals surface area contributed by atoms with Crippen molar-refractivity contribution in [3.8, 4) is 11.5 Å². The first-order chi connectivity index (χ1) is 26.5. The summed E-state index contributed by atoms with van der Waals surface area (Å²) in [5.41, 5.74) is -1.79. The Morgan fingerprint density at radius 1 is 0.673 bits per heavy atom. The average molecular weight is 747 g/mol. The molecule has 55 heavy (non-hydrogen) atoms. The van der Waals surface area contributed by atoms with Crippen molar-refractivity contribution >= 4 is 33.9 Å². The van der Waals surface area contributed by atoms with Crippen LogP contribution in [0, 0.1) is 0 Å². The third-order valence-corrected chi connectivity index (χ3v) is 9.05. The van der Waals surface area contributed by atoms with Gasteiger partial charge in [-0.15, -0.1) is 0 Å². The van der Waals surface area contributed by atoms with Crippen LogP contribution in [0.5, 0.6) is 11.5 Å². The highest BCUT2D eigenvalue weighted by atomic mass is 19.4. The Morgan fingerprint density at radius 2 is 1.22 bits per heavy atom. The molecule has 0 saturated carbocycles. The molecule has 0 amide bonds. The lowest BCUT2D eigenvalue weighted by Crippen LogP contribution is -2.28. The Morgan fingerprint density at radius 3 is 1.89 bits per heavy atom. The predicted molar refractivity (Wildman–Crippen MR) is 195 cm³/mol. The van der Waals surface area contributed by atoms with Crippen LogP contribution in [0.15, 0.2) is 152 Å². The molecule has 0 aliphatic carbocycles. The molecule has 0 radical (unpaired) electrons. The summed E-state index contributed by atoms with van der Waals surface area (Å²) in [7, 11) is 0. The van der Waals surface area contributed by atoms with E-state index in [-0.39, 0.29) is 62.3 Å². The summed E-state index contributed by atoms with van der Waals surface area (Å²) < 4.78 is 64.7. The molecule has 1 N–H and O–H groups in total. The number of alkyl halides is 3. The maximum Gasteiger partial charge on any atom is 0.429 e. The van der Waals surface area contributed by atoms with E-state index in [9.17, 15) is 37.5 Å². The summed E-state index contributed by atoms with van der Waals surface area (Å²) in [6, 6.07) is 33.4. The highest BCUT2D eigenvalue weighted by Gasteiger charge is 2.44. The molecule has 2 heterocycles. The molecule has 12 heteroatoms. The zero-order chi connectivity index (χ0) is 38.7. The van der Waals surface area contributed by atoms with Gasteiger partial charge in [0.05, 0.1) is 33.9 Å². The fourth-order valence-electron chi connectivity index (χ4n) is 6.46. The number of aromatic hydroxyl groups is 1. The van der Waals surface area contributed by atoms with E-state index in [4.69, 9.17) is 18.3 Å². The van der Waals surface area contributed by atoms with Crippen LogP contribution in [-0.2, 0) is 16.0 Å². The number of carbonyl (C=O) groups excluding carboxylic acids is 2. The molecule has 2 aromatic heterocycles. The van der Waals surface area contributed by atoms with Crippen molar-refractivity contribution in [2.75, 3.05) is 0 Å². The molecular weight excluding hydrogens is 717 g/mol. The van der Waals surface area contributed by atoms with Gasteiger partial charge < -0.3 is 23.4 Å². The zero-order valence-electron chi connectivity index (χ0n) is 28.6. The number of hydrogen-bond acceptors (Lipinski definition) is 9. The number of halogens is 3. The normalized spacial score (nSPS) is 12.6. The van der Waals surface area contributed by atoms with Gasteiger partial charge in [0, 0.05) is 17.9 Å². The van der Waals surface area contributed by atoms with Gasteiger partial charge >= 0.3 is 29.4 Å². The molecule has 0 fully saturated rings. The fourth-order valence-corrected chi connectivity index (χ4v) is 6.46. The maximum absolute atomic E-state index is 14.2. The van der Waals surface area contributed by atoms with Crippen molar-refractivity contribution in [2.45, 2.75) is 31.0 Å². The van der Waals surface area contributed by atoms with Gasteiger partial charge in [0.1, 0.15) is 16.9 Å². The van der Waals surface area contributed by atoms with Gasteiger partial charge in [-0.1, -0.05) is 103 Å². The summed E-state index contributed by atoms with van der Waals surface area (Å²) in [6.45, 7) is 0. The SMILES string of the molecule is O=C(CC(c1ccccc1)c1c(OC(=O)c2ccccc2Cc2c(O)c3ccccc3oc2=O)c2ccccc2oc1=O)OC(c1ccccc1)C(F)(F)F. The molecule has 0 spiro atoms. The van der Waals surface area contributed by atoms with Crippen LogP contribution in [0.25, 0.3) is 21.9 Å². The molecule has 9 nitrogen and oxygen atoms in total. The Labute approximate surface area is 309 Å². The monoisotopic (exact) mass is 746 g/mol. The molecule has 7 aromatic rings. The van der Waals surface area contributed by atoms with Crippen molar-refractivity contribution in [1.82, 2.24) is 0 Å². The van der Waals surface area contributed by atoms with E-state index in [0.717, 1.165) is 0 Å². The zero-order valence-corrected chi connectivity index (χ0v) is 28.6. The van der Waals surface area contributed by atoms with E-state index < -0.39 is 47.8 Å². The summed E-state index contributed by atoms with van der Waals surface area (Å²) >= 11 is 0. The van der Waals surface area contributed by atoms with Crippen LogP contribution in [0.4, 0.5) is 13.2 Å². The number of ether oxygens (including phenoxy) is 2.